The van der Waals surface area contributed by atoms with Crippen LogP contribution in [0.25, 0.3) is 0 Å². The second-order valence-corrected chi connectivity index (χ2v) is 4.30. The van der Waals surface area contributed by atoms with E-state index in [1.807, 2.05) is 38.1 Å². The highest BCUT2D eigenvalue weighted by Gasteiger charge is 2.29. The third-order valence-corrected chi connectivity index (χ3v) is 2.85. The Morgan fingerprint density at radius 3 is 2.67 bits per heavy atom. The molecule has 2 rings (SSSR count). The molecule has 0 spiro atoms. The molecule has 1 aromatic carbocycles. The van der Waals surface area contributed by atoms with E-state index in [4.69, 9.17) is 11.8 Å². The summed E-state index contributed by atoms with van der Waals surface area (Å²) in [6.07, 6.45) is 0. The van der Waals surface area contributed by atoms with Crippen molar-refractivity contribution >= 4 is 23.4 Å². The Bertz CT molecular complexity index is 392. The Morgan fingerprint density at radius 1 is 1.33 bits per heavy atom. The average molecular weight is 225 g/mol. The van der Waals surface area contributed by atoms with Crippen LogP contribution in [0.3, 0.4) is 0 Å². The number of rotatable bonds is 1. The molecular weight excluding hydrogens is 212 g/mol. The van der Waals surface area contributed by atoms with Gasteiger partial charge in [-0.1, -0.05) is 12.1 Å². The van der Waals surface area contributed by atoms with Gasteiger partial charge < -0.3 is 4.90 Å². The molecule has 0 aliphatic carbocycles. The molecular formula is C11H13ClN2O. The SMILES string of the molecule is CC(C)N1CN(Cl)c2ccccc2C1=O. The molecule has 0 bridgehead atoms. The van der Waals surface area contributed by atoms with Crippen LogP contribution in [0, 0.1) is 0 Å². The minimum Gasteiger partial charge on any atom is -0.317 e. The predicted molar refractivity (Wildman–Crippen MR) is 60.9 cm³/mol. The van der Waals surface area contributed by atoms with E-state index in [9.17, 15) is 4.79 Å². The van der Waals surface area contributed by atoms with E-state index in [-0.39, 0.29) is 11.9 Å². The van der Waals surface area contributed by atoms with Gasteiger partial charge in [0.2, 0.25) is 0 Å². The van der Waals surface area contributed by atoms with Gasteiger partial charge in [0, 0.05) is 17.8 Å². The number of nitrogens with zero attached hydrogens (tertiary/aromatic N) is 2. The highest BCUT2D eigenvalue weighted by molar-refractivity contribution is 6.27. The van der Waals surface area contributed by atoms with Crippen LogP contribution < -0.4 is 4.42 Å². The van der Waals surface area contributed by atoms with Crippen molar-refractivity contribution in [3.63, 3.8) is 0 Å². The van der Waals surface area contributed by atoms with E-state index in [1.165, 1.54) is 0 Å². The topological polar surface area (TPSA) is 23.6 Å². The van der Waals surface area contributed by atoms with Crippen LogP contribution in [0.1, 0.15) is 24.2 Å². The molecule has 0 unspecified atom stereocenters. The maximum Gasteiger partial charge on any atom is 0.257 e. The number of carbonyl (C=O) groups is 1. The molecule has 15 heavy (non-hydrogen) atoms. The highest BCUT2D eigenvalue weighted by Crippen LogP contribution is 2.29. The normalized spacial score (nSPS) is 15.9. The fourth-order valence-corrected chi connectivity index (χ4v) is 1.96. The highest BCUT2D eigenvalue weighted by atomic mass is 35.5. The van der Waals surface area contributed by atoms with Crippen molar-refractivity contribution in [2.24, 2.45) is 0 Å². The molecule has 1 amide bonds. The summed E-state index contributed by atoms with van der Waals surface area (Å²) in [4.78, 5) is 13.8. The van der Waals surface area contributed by atoms with Crippen molar-refractivity contribution < 1.29 is 4.79 Å². The average Bonchev–Trinajstić information content (AvgIpc) is 2.23. The lowest BCUT2D eigenvalue weighted by molar-refractivity contribution is 0.0701. The first-order valence-electron chi connectivity index (χ1n) is 4.94. The standard InChI is InChI=1S/C11H13ClN2O/c1-8(2)13-7-14(12)10-6-4-3-5-9(10)11(13)15/h3-6,8H,7H2,1-2H3. The lowest BCUT2D eigenvalue weighted by Gasteiger charge is -2.36. The molecule has 0 N–H and O–H groups in total. The van der Waals surface area contributed by atoms with E-state index in [0.717, 1.165) is 5.69 Å². The molecule has 4 heteroatoms. The second-order valence-electron chi connectivity index (χ2n) is 3.89. The second kappa shape index (κ2) is 3.74. The first-order chi connectivity index (χ1) is 7.11. The van der Waals surface area contributed by atoms with Crippen LogP contribution in [0.2, 0.25) is 0 Å². The number of fused-ring (bicyclic) bond motifs is 1. The van der Waals surface area contributed by atoms with Crippen LogP contribution in [0.5, 0.6) is 0 Å². The molecule has 0 saturated heterocycles. The summed E-state index contributed by atoms with van der Waals surface area (Å²) in [6.45, 7) is 4.40. The molecule has 3 nitrogen and oxygen atoms in total. The molecule has 1 aromatic rings. The van der Waals surface area contributed by atoms with E-state index in [0.29, 0.717) is 12.2 Å². The first-order valence-corrected chi connectivity index (χ1v) is 5.28. The minimum absolute atomic E-state index is 0.0532. The smallest absolute Gasteiger partial charge is 0.257 e. The summed E-state index contributed by atoms with van der Waals surface area (Å²) >= 11 is 6.09. The van der Waals surface area contributed by atoms with E-state index in [1.54, 1.807) is 9.32 Å². The van der Waals surface area contributed by atoms with E-state index in [2.05, 4.69) is 0 Å². The molecule has 0 atom stereocenters. The van der Waals surface area contributed by atoms with Crippen LogP contribution in [0.15, 0.2) is 24.3 Å². The number of para-hydroxylation sites is 1. The number of halogens is 1. The minimum atomic E-state index is 0.0532. The third-order valence-electron chi connectivity index (χ3n) is 2.56. The number of benzene rings is 1. The van der Waals surface area contributed by atoms with Gasteiger partial charge in [0.15, 0.2) is 0 Å². The lowest BCUT2D eigenvalue weighted by atomic mass is 10.1. The molecule has 0 fully saturated rings. The maximum absolute atomic E-state index is 12.0. The molecule has 80 valence electrons. The van der Waals surface area contributed by atoms with Gasteiger partial charge in [0.05, 0.1) is 11.3 Å². The fraction of sp³-hybridized carbons (Fsp3) is 0.364. The Hall–Kier alpha value is -1.22. The van der Waals surface area contributed by atoms with Gasteiger partial charge in [0.1, 0.15) is 6.67 Å². The van der Waals surface area contributed by atoms with Gasteiger partial charge >= 0.3 is 0 Å². The Balaban J connectivity index is 2.44. The summed E-state index contributed by atoms with van der Waals surface area (Å²) in [7, 11) is 0. The summed E-state index contributed by atoms with van der Waals surface area (Å²) < 4.78 is 1.58. The molecule has 0 aromatic heterocycles. The summed E-state index contributed by atoms with van der Waals surface area (Å²) in [5.74, 6) is 0.0532. The zero-order chi connectivity index (χ0) is 11.0. The zero-order valence-electron chi connectivity index (χ0n) is 8.77. The molecule has 1 heterocycles. The van der Waals surface area contributed by atoms with Gasteiger partial charge in [-0.2, -0.15) is 0 Å². The van der Waals surface area contributed by atoms with Crippen molar-refractivity contribution in [3.05, 3.63) is 29.8 Å². The molecule has 0 radical (unpaired) electrons. The van der Waals surface area contributed by atoms with Gasteiger partial charge in [-0.3, -0.25) is 9.21 Å². The Kier molecular flexibility index (Phi) is 2.57. The van der Waals surface area contributed by atoms with Crippen molar-refractivity contribution in [2.75, 3.05) is 11.1 Å². The predicted octanol–water partition coefficient (Wildman–Crippen LogP) is 2.47. The van der Waals surface area contributed by atoms with Crippen LogP contribution in [-0.2, 0) is 0 Å². The zero-order valence-corrected chi connectivity index (χ0v) is 9.53. The van der Waals surface area contributed by atoms with Gasteiger partial charge in [0.25, 0.3) is 5.91 Å². The van der Waals surface area contributed by atoms with Crippen molar-refractivity contribution in [3.8, 4) is 0 Å². The van der Waals surface area contributed by atoms with Gasteiger partial charge in [-0.25, -0.2) is 0 Å². The number of anilines is 1. The lowest BCUT2D eigenvalue weighted by Crippen LogP contribution is -2.46. The van der Waals surface area contributed by atoms with E-state index >= 15 is 0 Å². The third kappa shape index (κ3) is 1.67. The van der Waals surface area contributed by atoms with Crippen LogP contribution in [-0.4, -0.2) is 23.5 Å². The molecule has 0 saturated carbocycles. The van der Waals surface area contributed by atoms with Crippen LogP contribution >= 0.6 is 11.8 Å². The maximum atomic E-state index is 12.0. The number of hydrogen-bond donors (Lipinski definition) is 0. The van der Waals surface area contributed by atoms with Gasteiger partial charge in [-0.15, -0.1) is 0 Å². The summed E-state index contributed by atoms with van der Waals surface area (Å²) in [6, 6.07) is 7.56. The van der Waals surface area contributed by atoms with Gasteiger partial charge in [-0.05, 0) is 26.0 Å². The fourth-order valence-electron chi connectivity index (χ4n) is 1.69. The van der Waals surface area contributed by atoms with E-state index < -0.39 is 0 Å². The largest absolute Gasteiger partial charge is 0.317 e. The van der Waals surface area contributed by atoms with Crippen molar-refractivity contribution in [1.29, 1.82) is 0 Å². The molecule has 1 aliphatic rings. The summed E-state index contributed by atoms with van der Waals surface area (Å²) in [5.41, 5.74) is 1.47. The Morgan fingerprint density at radius 2 is 2.00 bits per heavy atom. The number of amides is 1. The summed E-state index contributed by atoms with van der Waals surface area (Å²) in [5, 5.41) is 0. The molecule has 1 aliphatic heterocycles. The number of hydrogen-bond acceptors (Lipinski definition) is 2. The van der Waals surface area contributed by atoms with Crippen LogP contribution in [0.4, 0.5) is 5.69 Å². The Labute approximate surface area is 94.3 Å². The monoisotopic (exact) mass is 224 g/mol. The number of carbonyl (C=O) groups excluding carboxylic acids is 1. The van der Waals surface area contributed by atoms with Crippen molar-refractivity contribution in [1.82, 2.24) is 4.90 Å². The van der Waals surface area contributed by atoms with Crippen molar-refractivity contribution in [2.45, 2.75) is 19.9 Å². The first kappa shape index (κ1) is 10.3. The quantitative estimate of drug-likeness (QED) is 0.685.